The minimum atomic E-state index is -0.379. The molecule has 2 aromatic heterocycles. The molecule has 6 nitrogen and oxygen atoms in total. The van der Waals surface area contributed by atoms with Crippen LogP contribution in [-0.2, 0) is 6.54 Å². The third-order valence-electron chi connectivity index (χ3n) is 3.61. The van der Waals surface area contributed by atoms with Crippen molar-refractivity contribution in [1.29, 1.82) is 0 Å². The molecule has 1 aromatic carbocycles. The summed E-state index contributed by atoms with van der Waals surface area (Å²) in [5.41, 5.74) is 13.0. The quantitative estimate of drug-likeness (QED) is 0.704. The van der Waals surface area contributed by atoms with Crippen molar-refractivity contribution in [2.45, 2.75) is 32.7 Å². The summed E-state index contributed by atoms with van der Waals surface area (Å²) in [5, 5.41) is 5.25. The van der Waals surface area contributed by atoms with E-state index < -0.39 is 0 Å². The summed E-state index contributed by atoms with van der Waals surface area (Å²) in [4.78, 5) is 14.7. The minimum absolute atomic E-state index is 0.379. The first kappa shape index (κ1) is 17.5. The molecule has 0 saturated heterocycles. The van der Waals surface area contributed by atoms with Crippen molar-refractivity contribution in [3.8, 4) is 0 Å². The molecule has 0 aliphatic rings. The second-order valence-corrected chi connectivity index (χ2v) is 5.44. The van der Waals surface area contributed by atoms with Gasteiger partial charge in [0.15, 0.2) is 5.65 Å². The van der Waals surface area contributed by atoms with Gasteiger partial charge in [-0.1, -0.05) is 38.0 Å². The van der Waals surface area contributed by atoms with Crippen molar-refractivity contribution in [1.82, 2.24) is 14.8 Å². The first-order chi connectivity index (χ1) is 11.6. The van der Waals surface area contributed by atoms with E-state index in [9.17, 15) is 4.79 Å². The summed E-state index contributed by atoms with van der Waals surface area (Å²) >= 11 is 0. The number of unbranched alkanes of at least 4 members (excludes halogenated alkanes) is 2. The molecule has 0 radical (unpaired) electrons. The zero-order valence-corrected chi connectivity index (χ0v) is 13.9. The summed E-state index contributed by atoms with van der Waals surface area (Å²) in [6, 6.07) is 10.6. The fourth-order valence-electron chi connectivity index (χ4n) is 2.27. The zero-order valence-electron chi connectivity index (χ0n) is 13.9. The number of pyridine rings is 1. The monoisotopic (exact) mass is 325 g/mol. The van der Waals surface area contributed by atoms with Crippen LogP contribution in [-0.4, -0.2) is 20.7 Å². The van der Waals surface area contributed by atoms with Gasteiger partial charge in [-0.15, -0.1) is 0 Å². The normalized spacial score (nSPS) is 10.2. The third-order valence-corrected chi connectivity index (χ3v) is 3.61. The number of benzene rings is 1. The van der Waals surface area contributed by atoms with Gasteiger partial charge >= 0.3 is 0 Å². The van der Waals surface area contributed by atoms with Crippen LogP contribution in [0.25, 0.3) is 11.0 Å². The molecular formula is C18H23N5O. The topological polar surface area (TPSA) is 99.8 Å². The molecule has 3 rings (SSSR count). The van der Waals surface area contributed by atoms with E-state index in [1.807, 2.05) is 10.7 Å². The molecule has 2 heterocycles. The first-order valence-electron chi connectivity index (χ1n) is 8.04. The number of hydrogen-bond acceptors (Lipinski definition) is 4. The van der Waals surface area contributed by atoms with Crippen LogP contribution in [0, 0.1) is 0 Å². The predicted octanol–water partition coefficient (Wildman–Crippen LogP) is 2.99. The molecule has 0 fully saturated rings. The maximum absolute atomic E-state index is 10.4. The Labute approximate surface area is 141 Å². The highest BCUT2D eigenvalue weighted by Crippen LogP contribution is 2.18. The zero-order chi connectivity index (χ0) is 17.4. The molecule has 126 valence electrons. The Balaban J connectivity index is 0.000000198. The number of fused-ring (bicyclic) bond motifs is 1. The maximum atomic E-state index is 10.4. The molecule has 3 aromatic rings. The Hall–Kier alpha value is -2.89. The molecule has 0 spiro atoms. The molecule has 0 saturated carbocycles. The van der Waals surface area contributed by atoms with Gasteiger partial charge in [0, 0.05) is 24.0 Å². The largest absolute Gasteiger partial charge is 0.398 e. The number of nitrogens with two attached hydrogens (primary N) is 2. The highest BCUT2D eigenvalue weighted by molar-refractivity contribution is 5.92. The van der Waals surface area contributed by atoms with Crippen molar-refractivity contribution >= 4 is 22.6 Å². The highest BCUT2D eigenvalue weighted by Gasteiger charge is 2.05. The van der Waals surface area contributed by atoms with Crippen LogP contribution in [0.3, 0.4) is 0 Å². The van der Waals surface area contributed by atoms with Crippen molar-refractivity contribution in [2.75, 3.05) is 5.73 Å². The number of nitrogens with zero attached hydrogens (tertiary/aromatic N) is 3. The van der Waals surface area contributed by atoms with E-state index >= 15 is 0 Å². The number of carbonyl (C=O) groups is 1. The highest BCUT2D eigenvalue weighted by atomic mass is 16.1. The van der Waals surface area contributed by atoms with Crippen LogP contribution < -0.4 is 11.5 Å². The van der Waals surface area contributed by atoms with Gasteiger partial charge in [0.05, 0.1) is 11.6 Å². The second kappa shape index (κ2) is 8.67. The van der Waals surface area contributed by atoms with Crippen LogP contribution in [0.2, 0.25) is 0 Å². The number of hydrogen-bond donors (Lipinski definition) is 2. The SMILES string of the molecule is CCCCCn1ncc2c(N)ccnc21.NC(=O)c1ccccc1. The number of aryl methyl sites for hydroxylation is 1. The van der Waals surface area contributed by atoms with E-state index in [-0.39, 0.29) is 5.91 Å². The summed E-state index contributed by atoms with van der Waals surface area (Å²) in [5.74, 6) is -0.379. The lowest BCUT2D eigenvalue weighted by Gasteiger charge is -2.01. The van der Waals surface area contributed by atoms with Crippen LogP contribution in [0.15, 0.2) is 48.8 Å². The van der Waals surface area contributed by atoms with Crippen molar-refractivity contribution in [3.63, 3.8) is 0 Å². The number of rotatable bonds is 5. The first-order valence-corrected chi connectivity index (χ1v) is 8.04. The van der Waals surface area contributed by atoms with Gasteiger partial charge in [-0.2, -0.15) is 5.10 Å². The maximum Gasteiger partial charge on any atom is 0.248 e. The molecule has 4 N–H and O–H groups in total. The number of nitrogen functional groups attached to an aromatic ring is 1. The number of carbonyl (C=O) groups excluding carboxylic acids is 1. The Morgan fingerprint density at radius 2 is 1.92 bits per heavy atom. The predicted molar refractivity (Wildman–Crippen MR) is 96.4 cm³/mol. The molecule has 1 amide bonds. The standard InChI is InChI=1S/C11H16N4.C7H7NO/c1-2-3-4-7-15-11-9(8-14-15)10(12)5-6-13-11;8-7(9)6-4-2-1-3-5-6/h5-6,8H,2-4,7H2,1H3,(H2,12,13);1-5H,(H2,8,9). The van der Waals surface area contributed by atoms with Crippen molar-refractivity contribution in [2.24, 2.45) is 5.73 Å². The Kier molecular flexibility index (Phi) is 6.31. The van der Waals surface area contributed by atoms with E-state index in [4.69, 9.17) is 11.5 Å². The Morgan fingerprint density at radius 1 is 1.17 bits per heavy atom. The van der Waals surface area contributed by atoms with E-state index in [1.165, 1.54) is 12.8 Å². The smallest absolute Gasteiger partial charge is 0.248 e. The summed E-state index contributed by atoms with van der Waals surface area (Å²) in [6.07, 6.45) is 7.11. The van der Waals surface area contributed by atoms with E-state index in [2.05, 4.69) is 17.0 Å². The minimum Gasteiger partial charge on any atom is -0.398 e. The molecule has 0 bridgehead atoms. The molecule has 6 heteroatoms. The van der Waals surface area contributed by atoms with Gasteiger partial charge in [-0.25, -0.2) is 9.67 Å². The van der Waals surface area contributed by atoms with E-state index in [0.29, 0.717) is 5.56 Å². The lowest BCUT2D eigenvalue weighted by atomic mass is 10.2. The summed E-state index contributed by atoms with van der Waals surface area (Å²) < 4.78 is 1.93. The van der Waals surface area contributed by atoms with Crippen molar-refractivity contribution < 1.29 is 4.79 Å². The molecule has 0 atom stereocenters. The number of amides is 1. The Bertz CT molecular complexity index is 782. The van der Waals surface area contributed by atoms with E-state index in [1.54, 1.807) is 42.7 Å². The van der Waals surface area contributed by atoms with Gasteiger partial charge in [0.1, 0.15) is 0 Å². The average molecular weight is 325 g/mol. The van der Waals surface area contributed by atoms with Crippen LogP contribution in [0.1, 0.15) is 36.5 Å². The lowest BCUT2D eigenvalue weighted by molar-refractivity contribution is 0.100. The molecule has 0 aliphatic heterocycles. The summed E-state index contributed by atoms with van der Waals surface area (Å²) in [7, 11) is 0. The fraction of sp³-hybridized carbons (Fsp3) is 0.278. The van der Waals surface area contributed by atoms with Crippen LogP contribution in [0.5, 0.6) is 0 Å². The molecule has 0 aliphatic carbocycles. The molecule has 0 unspecified atom stereocenters. The van der Waals surface area contributed by atoms with Gasteiger partial charge in [-0.3, -0.25) is 4.79 Å². The second-order valence-electron chi connectivity index (χ2n) is 5.44. The molecule has 24 heavy (non-hydrogen) atoms. The fourth-order valence-corrected chi connectivity index (χ4v) is 2.27. The van der Waals surface area contributed by atoms with E-state index in [0.717, 1.165) is 29.7 Å². The third kappa shape index (κ3) is 4.55. The Morgan fingerprint density at radius 3 is 2.54 bits per heavy atom. The molecular weight excluding hydrogens is 302 g/mol. The van der Waals surface area contributed by atoms with Gasteiger partial charge in [-0.05, 0) is 24.6 Å². The van der Waals surface area contributed by atoms with Crippen LogP contribution >= 0.6 is 0 Å². The summed E-state index contributed by atoms with van der Waals surface area (Å²) in [6.45, 7) is 3.12. The lowest BCUT2D eigenvalue weighted by Crippen LogP contribution is -2.09. The number of primary amides is 1. The van der Waals surface area contributed by atoms with Gasteiger partial charge < -0.3 is 11.5 Å². The number of anilines is 1. The van der Waals surface area contributed by atoms with Crippen LogP contribution in [0.4, 0.5) is 5.69 Å². The van der Waals surface area contributed by atoms with Gasteiger partial charge in [0.2, 0.25) is 5.91 Å². The van der Waals surface area contributed by atoms with Crippen molar-refractivity contribution in [3.05, 3.63) is 54.4 Å². The average Bonchev–Trinajstić information content (AvgIpc) is 3.01. The van der Waals surface area contributed by atoms with Gasteiger partial charge in [0.25, 0.3) is 0 Å². The number of aromatic nitrogens is 3.